The van der Waals surface area contributed by atoms with E-state index in [1.165, 1.54) is 6.07 Å². The van der Waals surface area contributed by atoms with E-state index in [0.717, 1.165) is 90.0 Å². The summed E-state index contributed by atoms with van der Waals surface area (Å²) in [4.78, 5) is 20.5. The summed E-state index contributed by atoms with van der Waals surface area (Å²) < 4.78 is 72.2. The van der Waals surface area contributed by atoms with Gasteiger partial charge in [0, 0.05) is 94.5 Å². The molecule has 336 valence electrons. The normalized spacial score (nSPS) is 16.9. The highest BCUT2D eigenvalue weighted by atomic mass is 35.5. The lowest BCUT2D eigenvalue weighted by Gasteiger charge is -2.37. The highest BCUT2D eigenvalue weighted by Gasteiger charge is 2.48. The lowest BCUT2D eigenvalue weighted by Crippen LogP contribution is -2.47. The molecule has 4 N–H and O–H groups in total. The molecule has 0 spiro atoms. The lowest BCUT2D eigenvalue weighted by atomic mass is 9.89. The van der Waals surface area contributed by atoms with Gasteiger partial charge in [-0.15, -0.1) is 0 Å². The number of piperazine rings is 1. The smallest absolute Gasteiger partial charge is 0.393 e. The van der Waals surface area contributed by atoms with Crippen LogP contribution < -0.4 is 24.6 Å². The molecule has 0 unspecified atom stereocenters. The lowest BCUT2D eigenvalue weighted by molar-refractivity contribution is -0.119. The fourth-order valence-electron chi connectivity index (χ4n) is 7.34. The Labute approximate surface area is 385 Å². The Morgan fingerprint density at radius 2 is 1.47 bits per heavy atom. The molecule has 1 aliphatic heterocycles. The van der Waals surface area contributed by atoms with Crippen molar-refractivity contribution in [1.82, 2.24) is 10.2 Å². The molecular formula is C47H48ClF3N6O4S3. The third-order valence-electron chi connectivity index (χ3n) is 11.3. The van der Waals surface area contributed by atoms with Gasteiger partial charge in [0.2, 0.25) is 5.91 Å². The van der Waals surface area contributed by atoms with Gasteiger partial charge < -0.3 is 34.6 Å². The molecule has 1 saturated carbocycles. The number of sulfone groups is 1. The summed E-state index contributed by atoms with van der Waals surface area (Å²) in [5.74, 6) is -0.171. The Morgan fingerprint density at radius 3 is 2.11 bits per heavy atom. The van der Waals surface area contributed by atoms with Crippen molar-refractivity contribution in [1.29, 1.82) is 0 Å². The van der Waals surface area contributed by atoms with Crippen LogP contribution in [0.25, 0.3) is 5.70 Å². The fourth-order valence-corrected chi connectivity index (χ4v) is 9.93. The molecule has 0 aromatic heterocycles. The van der Waals surface area contributed by atoms with E-state index in [1.54, 1.807) is 36.4 Å². The van der Waals surface area contributed by atoms with E-state index < -0.39 is 26.3 Å². The Morgan fingerprint density at radius 1 is 0.828 bits per heavy atom. The molecule has 1 aliphatic carbocycles. The standard InChI is InChI=1S/C47H48ClF3N6O4S3/c1-31(34-12-14-35(48)15-13-34)55(3)32(2)43(46(59)52-37-28-40(58)29-37)27-33-8-7-9-39(26-33)57-24-22-56(23-25-57)38-18-16-36(17-19-38)53-63-42-20-21-44(54-62-41-10-5-4-6-11-41)45(30-42)64(60,61)47(49,50)51/h4-21,26,30,37,40,53-54,58H,1,22-25,27-29H2,2-3H3,(H,52,59)/b43-32+. The number of amides is 1. The maximum Gasteiger partial charge on any atom is 0.501 e. The molecule has 5 aromatic rings. The van der Waals surface area contributed by atoms with Gasteiger partial charge in [0.1, 0.15) is 4.90 Å². The average Bonchev–Trinajstić information content (AvgIpc) is 3.28. The second kappa shape index (κ2) is 20.3. The molecule has 1 saturated heterocycles. The number of anilines is 4. The average molecular weight is 950 g/mol. The van der Waals surface area contributed by atoms with Gasteiger partial charge in [-0.2, -0.15) is 13.2 Å². The molecule has 64 heavy (non-hydrogen) atoms. The number of nitrogens with zero attached hydrogens (tertiary/aromatic N) is 3. The highest BCUT2D eigenvalue weighted by molar-refractivity contribution is 8.01. The van der Waals surface area contributed by atoms with Crippen LogP contribution >= 0.6 is 35.5 Å². The first-order valence-electron chi connectivity index (χ1n) is 20.5. The van der Waals surface area contributed by atoms with Crippen molar-refractivity contribution < 1.29 is 31.5 Å². The van der Waals surface area contributed by atoms with Gasteiger partial charge >= 0.3 is 5.51 Å². The quantitative estimate of drug-likeness (QED) is 0.0560. The summed E-state index contributed by atoms with van der Waals surface area (Å²) >= 11 is 8.15. The van der Waals surface area contributed by atoms with Gasteiger partial charge in [0.25, 0.3) is 9.84 Å². The summed E-state index contributed by atoms with van der Waals surface area (Å²) in [5.41, 5.74) is 1.08. The minimum Gasteiger partial charge on any atom is -0.393 e. The summed E-state index contributed by atoms with van der Waals surface area (Å²) in [5, 5.41) is 13.6. The Bertz CT molecular complexity index is 2590. The van der Waals surface area contributed by atoms with Crippen LogP contribution in [-0.4, -0.2) is 75.2 Å². The number of nitrogens with one attached hydrogen (secondary N) is 3. The predicted octanol–water partition coefficient (Wildman–Crippen LogP) is 10.3. The van der Waals surface area contributed by atoms with E-state index in [2.05, 4.69) is 43.3 Å². The summed E-state index contributed by atoms with van der Waals surface area (Å²) in [6, 6.07) is 36.0. The van der Waals surface area contributed by atoms with Crippen LogP contribution in [0.2, 0.25) is 5.02 Å². The minimum atomic E-state index is -5.65. The first kappa shape index (κ1) is 46.7. The van der Waals surface area contributed by atoms with Crippen LogP contribution in [0, 0.1) is 0 Å². The van der Waals surface area contributed by atoms with Gasteiger partial charge in [-0.3, -0.25) is 4.79 Å². The molecule has 1 heterocycles. The van der Waals surface area contributed by atoms with Crippen molar-refractivity contribution in [2.75, 3.05) is 52.5 Å². The number of carbonyl (C=O) groups is 1. The van der Waals surface area contributed by atoms with Gasteiger partial charge in [-0.05, 0) is 134 Å². The molecule has 7 rings (SSSR count). The second-order valence-electron chi connectivity index (χ2n) is 15.6. The SMILES string of the molecule is C=C(c1ccc(Cl)cc1)N(C)/C(C)=C(\Cc1cccc(N2CCN(c3ccc(NSc4ccc(NSc5ccccc5)c(S(=O)(=O)C(F)(F)F)c4)cc3)CC2)c1)C(=O)NC1CC(O)C1. The van der Waals surface area contributed by atoms with E-state index in [1.807, 2.05) is 79.5 Å². The maximum absolute atomic E-state index is 13.8. The van der Waals surface area contributed by atoms with Gasteiger partial charge in [0.15, 0.2) is 0 Å². The molecule has 5 aromatic carbocycles. The zero-order valence-corrected chi connectivity index (χ0v) is 38.3. The van der Waals surface area contributed by atoms with Crippen molar-refractivity contribution in [3.63, 3.8) is 0 Å². The third-order valence-corrected chi connectivity index (χ3v) is 14.7. The minimum absolute atomic E-state index is 0.0774. The van der Waals surface area contributed by atoms with E-state index in [9.17, 15) is 31.5 Å². The molecule has 0 bridgehead atoms. The van der Waals surface area contributed by atoms with Crippen LogP contribution in [0.5, 0.6) is 0 Å². The van der Waals surface area contributed by atoms with E-state index >= 15 is 0 Å². The molecule has 17 heteroatoms. The van der Waals surface area contributed by atoms with E-state index in [4.69, 9.17) is 11.6 Å². The molecular weight excluding hydrogens is 901 g/mol. The molecule has 2 fully saturated rings. The summed E-state index contributed by atoms with van der Waals surface area (Å²) in [7, 11) is -3.75. The number of hydrogen-bond donors (Lipinski definition) is 4. The van der Waals surface area contributed by atoms with Crippen molar-refractivity contribution in [2.45, 2.75) is 58.5 Å². The third kappa shape index (κ3) is 11.3. The van der Waals surface area contributed by atoms with Crippen LogP contribution in [0.3, 0.4) is 0 Å². The summed E-state index contributed by atoms with van der Waals surface area (Å²) in [6.07, 6.45) is 1.06. The molecule has 0 atom stereocenters. The number of allylic oxidation sites excluding steroid dienone is 1. The predicted molar refractivity (Wildman–Crippen MR) is 254 cm³/mol. The largest absolute Gasteiger partial charge is 0.501 e. The molecule has 10 nitrogen and oxygen atoms in total. The first-order valence-corrected chi connectivity index (χ1v) is 24.0. The molecule has 0 radical (unpaired) electrons. The monoisotopic (exact) mass is 948 g/mol. The number of carbonyl (C=O) groups excluding carboxylic acids is 1. The first-order chi connectivity index (χ1) is 30.5. The molecule has 1 amide bonds. The number of alkyl halides is 3. The van der Waals surface area contributed by atoms with Crippen LogP contribution in [0.1, 0.15) is 30.9 Å². The number of halogens is 4. The number of aliphatic hydroxyl groups excluding tert-OH is 1. The van der Waals surface area contributed by atoms with Gasteiger partial charge in [0.05, 0.1) is 11.8 Å². The van der Waals surface area contributed by atoms with Crippen LogP contribution in [-0.2, 0) is 21.1 Å². The van der Waals surface area contributed by atoms with Crippen LogP contribution in [0.4, 0.5) is 35.9 Å². The maximum atomic E-state index is 13.8. The number of aliphatic hydroxyl groups is 1. The Hall–Kier alpha value is -5.26. The second-order valence-corrected chi connectivity index (χ2v) is 19.7. The number of benzene rings is 5. The zero-order valence-electron chi connectivity index (χ0n) is 35.1. The van der Waals surface area contributed by atoms with Gasteiger partial charge in [-0.1, -0.05) is 60.6 Å². The fraction of sp³-hybridized carbons (Fsp3) is 0.255. The highest BCUT2D eigenvalue weighted by Crippen LogP contribution is 2.39. The summed E-state index contributed by atoms with van der Waals surface area (Å²) in [6.45, 7) is 9.24. The van der Waals surface area contributed by atoms with Crippen molar-refractivity contribution in [3.8, 4) is 0 Å². The number of rotatable bonds is 16. The van der Waals surface area contributed by atoms with Crippen molar-refractivity contribution in [3.05, 3.63) is 155 Å². The topological polar surface area (TPSA) is 117 Å². The van der Waals surface area contributed by atoms with E-state index in [0.29, 0.717) is 40.4 Å². The Balaban J connectivity index is 0.975. The molecule has 2 aliphatic rings. The number of hydrogen-bond acceptors (Lipinski definition) is 11. The van der Waals surface area contributed by atoms with Crippen molar-refractivity contribution in [2.24, 2.45) is 0 Å². The van der Waals surface area contributed by atoms with Crippen LogP contribution in [0.15, 0.2) is 154 Å². The van der Waals surface area contributed by atoms with E-state index in [-0.39, 0.29) is 22.5 Å². The zero-order chi connectivity index (χ0) is 45.6. The van der Waals surface area contributed by atoms with Crippen molar-refractivity contribution >= 4 is 79.7 Å². The Kier molecular flexibility index (Phi) is 14.8. The van der Waals surface area contributed by atoms with Gasteiger partial charge in [-0.25, -0.2) is 8.42 Å².